The number of fused-ring (bicyclic) bond motifs is 1. The fourth-order valence-corrected chi connectivity index (χ4v) is 2.54. The lowest BCUT2D eigenvalue weighted by Crippen LogP contribution is -1.96. The van der Waals surface area contributed by atoms with E-state index in [9.17, 15) is 8.42 Å². The van der Waals surface area contributed by atoms with Crippen molar-refractivity contribution < 1.29 is 17.6 Å². The van der Waals surface area contributed by atoms with Gasteiger partial charge in [-0.15, -0.1) is 0 Å². The second-order valence-corrected chi connectivity index (χ2v) is 6.05. The predicted molar refractivity (Wildman–Crippen MR) is 61.2 cm³/mol. The third kappa shape index (κ3) is 2.15. The van der Waals surface area contributed by atoms with Crippen molar-refractivity contribution >= 4 is 30.7 Å². The van der Waals surface area contributed by atoms with Crippen molar-refractivity contribution in [2.45, 2.75) is 5.75 Å². The smallest absolute Gasteiger partial charge is 0.236 e. The molecular weight excluding hydrogens is 252 g/mol. The van der Waals surface area contributed by atoms with Crippen LogP contribution in [0.2, 0.25) is 0 Å². The van der Waals surface area contributed by atoms with Gasteiger partial charge in [0, 0.05) is 16.1 Å². The highest BCUT2D eigenvalue weighted by Crippen LogP contribution is 2.30. The van der Waals surface area contributed by atoms with Crippen LogP contribution in [0.25, 0.3) is 11.0 Å². The molecule has 4 nitrogen and oxygen atoms in total. The molecular formula is C10H9ClO4S. The lowest BCUT2D eigenvalue weighted by molar-refractivity contribution is 0.410. The van der Waals surface area contributed by atoms with Gasteiger partial charge in [-0.05, 0) is 17.7 Å². The minimum Gasteiger partial charge on any atom is -0.493 e. The van der Waals surface area contributed by atoms with E-state index >= 15 is 0 Å². The van der Waals surface area contributed by atoms with Crippen LogP contribution in [0.15, 0.2) is 28.9 Å². The van der Waals surface area contributed by atoms with Gasteiger partial charge < -0.3 is 9.15 Å². The molecule has 1 heterocycles. The molecule has 0 saturated heterocycles. The molecule has 0 bridgehead atoms. The number of rotatable bonds is 3. The lowest BCUT2D eigenvalue weighted by Gasteiger charge is -2.04. The summed E-state index contributed by atoms with van der Waals surface area (Å²) in [5.41, 5.74) is 1.12. The van der Waals surface area contributed by atoms with E-state index in [0.717, 1.165) is 0 Å². The number of benzene rings is 1. The molecule has 16 heavy (non-hydrogen) atoms. The Hall–Kier alpha value is -1.20. The van der Waals surface area contributed by atoms with Crippen molar-refractivity contribution in [3.63, 3.8) is 0 Å². The van der Waals surface area contributed by atoms with Crippen molar-refractivity contribution in [2.24, 2.45) is 0 Å². The fourth-order valence-electron chi connectivity index (χ4n) is 1.57. The molecule has 0 spiro atoms. The Bertz CT molecular complexity index is 615. The molecule has 1 aromatic carbocycles. The average Bonchev–Trinajstić information content (AvgIpc) is 2.65. The molecule has 0 fully saturated rings. The van der Waals surface area contributed by atoms with E-state index in [-0.39, 0.29) is 5.75 Å². The van der Waals surface area contributed by atoms with Crippen molar-refractivity contribution in [2.75, 3.05) is 7.11 Å². The van der Waals surface area contributed by atoms with E-state index in [1.54, 1.807) is 18.2 Å². The van der Waals surface area contributed by atoms with E-state index in [0.29, 0.717) is 22.3 Å². The van der Waals surface area contributed by atoms with Gasteiger partial charge in [0.05, 0.1) is 19.1 Å². The number of methoxy groups -OCH3 is 1. The first-order chi connectivity index (χ1) is 7.51. The first-order valence-corrected chi connectivity index (χ1v) is 6.94. The van der Waals surface area contributed by atoms with E-state index in [1.807, 2.05) is 0 Å². The van der Waals surface area contributed by atoms with Gasteiger partial charge in [-0.1, -0.05) is 6.07 Å². The molecule has 0 saturated carbocycles. The normalized spacial score (nSPS) is 11.9. The van der Waals surface area contributed by atoms with E-state index in [4.69, 9.17) is 19.8 Å². The Morgan fingerprint density at radius 2 is 2.12 bits per heavy atom. The van der Waals surface area contributed by atoms with Crippen LogP contribution in [-0.4, -0.2) is 15.5 Å². The zero-order valence-corrected chi connectivity index (χ0v) is 10.0. The summed E-state index contributed by atoms with van der Waals surface area (Å²) in [6.45, 7) is 0. The fraction of sp³-hybridized carbons (Fsp3) is 0.200. The first-order valence-electron chi connectivity index (χ1n) is 4.46. The van der Waals surface area contributed by atoms with Crippen LogP contribution in [0.1, 0.15) is 5.56 Å². The van der Waals surface area contributed by atoms with Crippen LogP contribution < -0.4 is 4.74 Å². The van der Waals surface area contributed by atoms with Gasteiger partial charge in [-0.3, -0.25) is 0 Å². The topological polar surface area (TPSA) is 56.5 Å². The second-order valence-electron chi connectivity index (χ2n) is 3.27. The Labute approximate surface area is 97.2 Å². The molecule has 6 heteroatoms. The molecule has 2 aromatic rings. The molecule has 0 atom stereocenters. The minimum absolute atomic E-state index is 0.228. The van der Waals surface area contributed by atoms with Crippen LogP contribution in [0.3, 0.4) is 0 Å². The van der Waals surface area contributed by atoms with Gasteiger partial charge in [0.15, 0.2) is 11.3 Å². The van der Waals surface area contributed by atoms with Crippen molar-refractivity contribution in [1.29, 1.82) is 0 Å². The largest absolute Gasteiger partial charge is 0.493 e. The maximum absolute atomic E-state index is 11.0. The Kier molecular flexibility index (Phi) is 2.82. The maximum Gasteiger partial charge on any atom is 0.236 e. The number of ether oxygens (including phenoxy) is 1. The van der Waals surface area contributed by atoms with Gasteiger partial charge in [0.1, 0.15) is 0 Å². The predicted octanol–water partition coefficient (Wildman–Crippen LogP) is 2.51. The summed E-state index contributed by atoms with van der Waals surface area (Å²) in [4.78, 5) is 0. The number of hydrogen-bond donors (Lipinski definition) is 0. The highest BCUT2D eigenvalue weighted by Gasteiger charge is 2.14. The van der Waals surface area contributed by atoms with E-state index in [1.165, 1.54) is 13.4 Å². The van der Waals surface area contributed by atoms with Crippen LogP contribution in [0.4, 0.5) is 0 Å². The molecule has 86 valence electrons. The van der Waals surface area contributed by atoms with Gasteiger partial charge in [-0.2, -0.15) is 0 Å². The molecule has 0 amide bonds. The molecule has 0 aliphatic carbocycles. The van der Waals surface area contributed by atoms with Crippen LogP contribution >= 0.6 is 10.7 Å². The van der Waals surface area contributed by atoms with Crippen LogP contribution in [-0.2, 0) is 14.8 Å². The van der Waals surface area contributed by atoms with Crippen molar-refractivity contribution in [3.8, 4) is 5.75 Å². The summed E-state index contributed by atoms with van der Waals surface area (Å²) in [6, 6.07) is 5.01. The zero-order valence-electron chi connectivity index (χ0n) is 8.44. The number of hydrogen-bond acceptors (Lipinski definition) is 4. The summed E-state index contributed by atoms with van der Waals surface area (Å²) in [7, 11) is 3.17. The van der Waals surface area contributed by atoms with Gasteiger partial charge in [0.2, 0.25) is 9.05 Å². The molecule has 0 unspecified atom stereocenters. The Morgan fingerprint density at radius 1 is 1.38 bits per heavy atom. The summed E-state index contributed by atoms with van der Waals surface area (Å²) >= 11 is 0. The highest BCUT2D eigenvalue weighted by atomic mass is 35.7. The second kappa shape index (κ2) is 3.99. The molecule has 1 aromatic heterocycles. The first kappa shape index (κ1) is 11.3. The molecule has 0 radical (unpaired) electrons. The highest BCUT2D eigenvalue weighted by molar-refractivity contribution is 8.13. The third-order valence-corrected chi connectivity index (χ3v) is 3.20. The van der Waals surface area contributed by atoms with Crippen LogP contribution in [0, 0.1) is 0 Å². The van der Waals surface area contributed by atoms with E-state index < -0.39 is 9.05 Å². The third-order valence-electron chi connectivity index (χ3n) is 2.22. The SMILES string of the molecule is COc1ccc(CS(=O)(=O)Cl)c2ccoc12. The monoisotopic (exact) mass is 260 g/mol. The molecule has 0 N–H and O–H groups in total. The Balaban J connectivity index is 2.60. The summed E-state index contributed by atoms with van der Waals surface area (Å²) in [6.07, 6.45) is 1.48. The van der Waals surface area contributed by atoms with Gasteiger partial charge in [-0.25, -0.2) is 8.42 Å². The van der Waals surface area contributed by atoms with Crippen molar-refractivity contribution in [1.82, 2.24) is 0 Å². The Morgan fingerprint density at radius 3 is 2.75 bits per heavy atom. The van der Waals surface area contributed by atoms with Gasteiger partial charge in [0.25, 0.3) is 0 Å². The van der Waals surface area contributed by atoms with Crippen molar-refractivity contribution in [3.05, 3.63) is 30.0 Å². The van der Waals surface area contributed by atoms with Gasteiger partial charge >= 0.3 is 0 Å². The number of halogens is 1. The molecule has 0 aliphatic rings. The number of furan rings is 1. The molecule has 0 aliphatic heterocycles. The summed E-state index contributed by atoms with van der Waals surface area (Å²) in [5.74, 6) is 0.338. The van der Waals surface area contributed by atoms with Crippen LogP contribution in [0.5, 0.6) is 5.75 Å². The summed E-state index contributed by atoms with van der Waals surface area (Å²) in [5, 5.41) is 0.698. The van der Waals surface area contributed by atoms with E-state index in [2.05, 4.69) is 0 Å². The quantitative estimate of drug-likeness (QED) is 0.796. The standard InChI is InChI=1S/C10H9ClO4S/c1-14-9-3-2-7(6-16(11,12)13)8-4-5-15-10(8)9/h2-5H,6H2,1H3. The summed E-state index contributed by atoms with van der Waals surface area (Å²) < 4.78 is 32.4. The molecule has 2 rings (SSSR count). The maximum atomic E-state index is 11.0. The minimum atomic E-state index is -3.58. The average molecular weight is 261 g/mol. The lowest BCUT2D eigenvalue weighted by atomic mass is 10.1. The zero-order chi connectivity index (χ0) is 11.8.